The summed E-state index contributed by atoms with van der Waals surface area (Å²) in [5, 5.41) is 18.3. The van der Waals surface area contributed by atoms with Gasteiger partial charge in [-0.2, -0.15) is 0 Å². The summed E-state index contributed by atoms with van der Waals surface area (Å²) in [6.07, 6.45) is 3.19. The van der Waals surface area contributed by atoms with Gasteiger partial charge in [-0.15, -0.1) is 0 Å². The van der Waals surface area contributed by atoms with Crippen LogP contribution in [-0.4, -0.2) is 49.6 Å². The third-order valence-electron chi connectivity index (χ3n) is 3.76. The Morgan fingerprint density at radius 3 is 2.57 bits per heavy atom. The number of hydrogen-bond donors (Lipinski definition) is 2. The molecule has 2 N–H and O–H groups in total. The minimum Gasteiger partial charge on any atom is -0.508 e. The number of likely N-dealkylation sites (N-methyl/N-ethyl adjacent to an activating group) is 1. The van der Waals surface area contributed by atoms with Gasteiger partial charge in [0.25, 0.3) is 0 Å². The number of carbonyl (C=O) groups excluding carboxylic acids is 1. The summed E-state index contributed by atoms with van der Waals surface area (Å²) in [7, 11) is 1.69. The fraction of sp³-hybridized carbons (Fsp3) is 0.312. The first-order chi connectivity index (χ1) is 10.9. The topological polar surface area (TPSA) is 95.7 Å². The summed E-state index contributed by atoms with van der Waals surface area (Å²) in [5.74, 6) is -1.11. The molecular formula is C16H19N3O4. The highest BCUT2D eigenvalue weighted by atomic mass is 16.4. The molecule has 1 aromatic carbocycles. The highest BCUT2D eigenvalue weighted by Crippen LogP contribution is 2.13. The fourth-order valence-electron chi connectivity index (χ4n) is 2.24. The lowest BCUT2D eigenvalue weighted by molar-refractivity contribution is -0.132. The van der Waals surface area contributed by atoms with Crippen LogP contribution in [0.3, 0.4) is 0 Å². The molecule has 0 saturated heterocycles. The smallest absolute Gasteiger partial charge is 0.354 e. The zero-order chi connectivity index (χ0) is 17.0. The molecule has 2 rings (SSSR count). The largest absolute Gasteiger partial charge is 0.508 e. The van der Waals surface area contributed by atoms with Crippen molar-refractivity contribution in [2.75, 3.05) is 7.05 Å². The van der Waals surface area contributed by atoms with E-state index in [9.17, 15) is 14.7 Å². The average Bonchev–Trinajstić information content (AvgIpc) is 2.97. The lowest BCUT2D eigenvalue weighted by Crippen LogP contribution is -2.38. The minimum absolute atomic E-state index is 0.0158. The normalized spacial score (nSPS) is 11.9. The van der Waals surface area contributed by atoms with Crippen LogP contribution in [0.25, 0.3) is 0 Å². The predicted molar refractivity (Wildman–Crippen MR) is 83.2 cm³/mol. The number of carbonyl (C=O) groups is 2. The van der Waals surface area contributed by atoms with E-state index in [4.69, 9.17) is 5.11 Å². The van der Waals surface area contributed by atoms with Crippen molar-refractivity contribution < 1.29 is 19.8 Å². The number of hydrogen-bond acceptors (Lipinski definition) is 4. The number of phenolic OH excluding ortho intramolecular Hbond substituents is 1. The Hall–Kier alpha value is -2.83. The Morgan fingerprint density at radius 1 is 1.30 bits per heavy atom. The molecule has 0 spiro atoms. The molecular weight excluding hydrogens is 298 g/mol. The van der Waals surface area contributed by atoms with Gasteiger partial charge in [0.05, 0.1) is 12.5 Å². The summed E-state index contributed by atoms with van der Waals surface area (Å²) < 4.78 is 1.31. The molecule has 0 aliphatic rings. The van der Waals surface area contributed by atoms with Crippen molar-refractivity contribution in [2.45, 2.75) is 25.9 Å². The van der Waals surface area contributed by atoms with Crippen LogP contribution >= 0.6 is 0 Å². The standard InChI is InChI=1S/C16H19N3O4/c1-11(7-12-3-5-13(20)6-4-12)18(2)15(21)9-19-10-17-8-14(19)16(22)23/h3-6,8,10-11,20H,7,9H2,1-2H3,(H,22,23). The summed E-state index contributed by atoms with van der Waals surface area (Å²) in [6, 6.07) is 6.76. The molecule has 0 radical (unpaired) electrons. The van der Waals surface area contributed by atoms with E-state index in [0.717, 1.165) is 5.56 Å². The van der Waals surface area contributed by atoms with Gasteiger partial charge in [0.2, 0.25) is 5.91 Å². The van der Waals surface area contributed by atoms with Gasteiger partial charge in [-0.25, -0.2) is 9.78 Å². The molecule has 1 heterocycles. The van der Waals surface area contributed by atoms with E-state index in [-0.39, 0.29) is 29.9 Å². The van der Waals surface area contributed by atoms with E-state index in [1.54, 1.807) is 24.1 Å². The van der Waals surface area contributed by atoms with Crippen molar-refractivity contribution in [1.82, 2.24) is 14.5 Å². The maximum atomic E-state index is 12.3. The number of benzene rings is 1. The molecule has 1 unspecified atom stereocenters. The van der Waals surface area contributed by atoms with Gasteiger partial charge in [-0.3, -0.25) is 4.79 Å². The molecule has 1 amide bonds. The molecule has 0 aliphatic carbocycles. The zero-order valence-electron chi connectivity index (χ0n) is 13.0. The number of aromatic carboxylic acids is 1. The highest BCUT2D eigenvalue weighted by molar-refractivity contribution is 5.86. The van der Waals surface area contributed by atoms with E-state index in [0.29, 0.717) is 6.42 Å². The van der Waals surface area contributed by atoms with Gasteiger partial charge in [0.15, 0.2) is 0 Å². The van der Waals surface area contributed by atoms with Crippen molar-refractivity contribution in [3.8, 4) is 5.75 Å². The molecule has 0 saturated carbocycles. The molecule has 0 fully saturated rings. The first-order valence-corrected chi connectivity index (χ1v) is 7.15. The summed E-state index contributed by atoms with van der Waals surface area (Å²) in [4.78, 5) is 28.7. The highest BCUT2D eigenvalue weighted by Gasteiger charge is 2.19. The first kappa shape index (κ1) is 16.5. The SMILES string of the molecule is CC(Cc1ccc(O)cc1)N(C)C(=O)Cn1cncc1C(=O)O. The Bertz CT molecular complexity index is 694. The summed E-state index contributed by atoms with van der Waals surface area (Å²) in [6.45, 7) is 1.84. The molecule has 7 heteroatoms. The van der Waals surface area contributed by atoms with Crippen molar-refractivity contribution in [2.24, 2.45) is 0 Å². The van der Waals surface area contributed by atoms with Crippen LogP contribution in [-0.2, 0) is 17.8 Å². The molecule has 7 nitrogen and oxygen atoms in total. The number of aromatic hydroxyl groups is 1. The quantitative estimate of drug-likeness (QED) is 0.839. The van der Waals surface area contributed by atoms with Crippen LogP contribution in [0.15, 0.2) is 36.8 Å². The number of carboxylic acids is 1. The van der Waals surface area contributed by atoms with Crippen molar-refractivity contribution in [3.63, 3.8) is 0 Å². The average molecular weight is 317 g/mol. The van der Waals surface area contributed by atoms with Crippen LogP contribution in [0.1, 0.15) is 23.0 Å². The first-order valence-electron chi connectivity index (χ1n) is 7.15. The Kier molecular flexibility index (Phi) is 5.00. The van der Waals surface area contributed by atoms with Crippen LogP contribution in [0.4, 0.5) is 0 Å². The molecule has 23 heavy (non-hydrogen) atoms. The van der Waals surface area contributed by atoms with Gasteiger partial charge in [-0.05, 0) is 31.0 Å². The van der Waals surface area contributed by atoms with Crippen LogP contribution in [0, 0.1) is 0 Å². The Balaban J connectivity index is 1.99. The Labute approximate surface area is 133 Å². The van der Waals surface area contributed by atoms with Crippen LogP contribution in [0.5, 0.6) is 5.75 Å². The second kappa shape index (κ2) is 6.95. The molecule has 2 aromatic rings. The van der Waals surface area contributed by atoms with Gasteiger partial charge >= 0.3 is 5.97 Å². The maximum Gasteiger partial charge on any atom is 0.354 e. The number of imidazole rings is 1. The van der Waals surface area contributed by atoms with Gasteiger partial charge in [-0.1, -0.05) is 12.1 Å². The molecule has 0 bridgehead atoms. The maximum absolute atomic E-state index is 12.3. The van der Waals surface area contributed by atoms with Crippen LogP contribution < -0.4 is 0 Å². The predicted octanol–water partition coefficient (Wildman–Crippen LogP) is 1.38. The summed E-state index contributed by atoms with van der Waals surface area (Å²) >= 11 is 0. The second-order valence-corrected chi connectivity index (χ2v) is 5.44. The molecule has 1 aromatic heterocycles. The Morgan fingerprint density at radius 2 is 1.96 bits per heavy atom. The van der Waals surface area contributed by atoms with E-state index < -0.39 is 5.97 Å². The van der Waals surface area contributed by atoms with Crippen molar-refractivity contribution >= 4 is 11.9 Å². The summed E-state index contributed by atoms with van der Waals surface area (Å²) in [5.41, 5.74) is 0.988. The number of amides is 1. The van der Waals surface area contributed by atoms with Crippen molar-refractivity contribution in [1.29, 1.82) is 0 Å². The van der Waals surface area contributed by atoms with Gasteiger partial charge < -0.3 is 19.7 Å². The van der Waals surface area contributed by atoms with Gasteiger partial charge in [0, 0.05) is 13.1 Å². The minimum atomic E-state index is -1.12. The van der Waals surface area contributed by atoms with E-state index in [1.807, 2.05) is 19.1 Å². The second-order valence-electron chi connectivity index (χ2n) is 5.44. The number of carboxylic acid groups (broad SMARTS) is 1. The van der Waals surface area contributed by atoms with Crippen LogP contribution in [0.2, 0.25) is 0 Å². The fourth-order valence-corrected chi connectivity index (χ4v) is 2.24. The lowest BCUT2D eigenvalue weighted by atomic mass is 10.1. The van der Waals surface area contributed by atoms with E-state index in [1.165, 1.54) is 17.1 Å². The molecule has 1 atom stereocenters. The van der Waals surface area contributed by atoms with E-state index in [2.05, 4.69) is 4.98 Å². The van der Waals surface area contributed by atoms with Gasteiger partial charge in [0.1, 0.15) is 18.0 Å². The third-order valence-corrected chi connectivity index (χ3v) is 3.76. The number of aromatic nitrogens is 2. The van der Waals surface area contributed by atoms with Crippen molar-refractivity contribution in [3.05, 3.63) is 48.0 Å². The molecule has 0 aliphatic heterocycles. The monoisotopic (exact) mass is 317 g/mol. The number of phenols is 1. The zero-order valence-corrected chi connectivity index (χ0v) is 13.0. The molecule has 122 valence electrons. The van der Waals surface area contributed by atoms with E-state index >= 15 is 0 Å². The third kappa shape index (κ3) is 4.09. The lowest BCUT2D eigenvalue weighted by Gasteiger charge is -2.25. The number of rotatable bonds is 6. The number of nitrogens with zero attached hydrogens (tertiary/aromatic N) is 3.